The lowest BCUT2D eigenvalue weighted by Crippen LogP contribution is -2.45. The molecule has 4 rings (SSSR count). The number of carbonyl (C=O) groups excluding carboxylic acids is 1. The van der Waals surface area contributed by atoms with E-state index < -0.39 is 0 Å². The Labute approximate surface area is 222 Å². The maximum absolute atomic E-state index is 13.4. The van der Waals surface area contributed by atoms with Crippen LogP contribution >= 0.6 is 23.2 Å². The van der Waals surface area contributed by atoms with Crippen LogP contribution in [-0.2, 0) is 6.42 Å². The number of piperidine rings is 1. The first-order valence-corrected chi connectivity index (χ1v) is 13.1. The van der Waals surface area contributed by atoms with Gasteiger partial charge < -0.3 is 5.11 Å². The van der Waals surface area contributed by atoms with Crippen LogP contribution in [0, 0.1) is 11.8 Å². The van der Waals surface area contributed by atoms with Gasteiger partial charge in [-0.2, -0.15) is 5.10 Å². The monoisotopic (exact) mass is 524 g/mol. The summed E-state index contributed by atoms with van der Waals surface area (Å²) in [6.45, 7) is 3.83. The van der Waals surface area contributed by atoms with E-state index in [1.54, 1.807) is 16.8 Å². The van der Waals surface area contributed by atoms with Gasteiger partial charge in [-0.1, -0.05) is 60.5 Å². The molecule has 0 aliphatic carbocycles. The normalized spacial score (nSPS) is 13.8. The fraction of sp³-hybridized carbons (Fsp3) is 0.357. The quantitative estimate of drug-likeness (QED) is 0.309. The van der Waals surface area contributed by atoms with Gasteiger partial charge in [-0.15, -0.1) is 0 Å². The molecule has 0 bridgehead atoms. The first kappa shape index (κ1) is 26.2. The standard InChI is InChI=1S/C28H30Cl2N4O2/c1-2-23-26(28(36)32-33-16-6-4-7-17-33)31-34(25-15-14-22(29)19-24(25)30)27(23)21-12-10-20(11-13-21)9-5-3-8-18-35/h10-15,19,35H,2-4,6-8,16-18H2,1H3,(H,32,36). The van der Waals surface area contributed by atoms with Crippen molar-refractivity contribution in [2.75, 3.05) is 19.7 Å². The molecular formula is C28H30Cl2N4O2. The third-order valence-electron chi connectivity index (χ3n) is 6.16. The maximum atomic E-state index is 13.4. The number of carbonyl (C=O) groups is 1. The van der Waals surface area contributed by atoms with Crippen LogP contribution in [0.1, 0.15) is 60.6 Å². The molecule has 1 amide bonds. The van der Waals surface area contributed by atoms with Gasteiger partial charge in [0.1, 0.15) is 0 Å². The SMILES string of the molecule is CCc1c(C(=O)NN2CCCCC2)nn(-c2ccc(Cl)cc2Cl)c1-c1ccc(C#CCCCO)cc1. The summed E-state index contributed by atoms with van der Waals surface area (Å²) in [6.07, 6.45) is 5.24. The van der Waals surface area contributed by atoms with E-state index in [0.29, 0.717) is 40.7 Å². The molecule has 2 N–H and O–H groups in total. The molecule has 2 aromatic carbocycles. The number of amides is 1. The summed E-state index contributed by atoms with van der Waals surface area (Å²) >= 11 is 12.7. The molecule has 1 aromatic heterocycles. The van der Waals surface area contributed by atoms with Crippen molar-refractivity contribution in [2.45, 2.75) is 45.4 Å². The fourth-order valence-electron chi connectivity index (χ4n) is 4.34. The lowest BCUT2D eigenvalue weighted by atomic mass is 10.0. The number of hydrogen-bond donors (Lipinski definition) is 2. The zero-order valence-corrected chi connectivity index (χ0v) is 21.9. The number of aliphatic hydroxyl groups excluding tert-OH is 1. The van der Waals surface area contributed by atoms with Crippen molar-refractivity contribution in [1.82, 2.24) is 20.2 Å². The zero-order chi connectivity index (χ0) is 25.5. The van der Waals surface area contributed by atoms with Crippen molar-refractivity contribution in [3.63, 3.8) is 0 Å². The molecular weight excluding hydrogens is 495 g/mol. The molecule has 0 atom stereocenters. The van der Waals surface area contributed by atoms with Gasteiger partial charge in [-0.25, -0.2) is 9.69 Å². The van der Waals surface area contributed by atoms with E-state index in [2.05, 4.69) is 17.3 Å². The van der Waals surface area contributed by atoms with Gasteiger partial charge in [-0.05, 0) is 56.0 Å². The molecule has 0 spiro atoms. The third kappa shape index (κ3) is 6.11. The van der Waals surface area contributed by atoms with Crippen LogP contribution in [0.15, 0.2) is 42.5 Å². The number of benzene rings is 2. The Morgan fingerprint density at radius 1 is 1.11 bits per heavy atom. The minimum Gasteiger partial charge on any atom is -0.396 e. The average Bonchev–Trinajstić information content (AvgIpc) is 3.27. The summed E-state index contributed by atoms with van der Waals surface area (Å²) in [5.41, 5.74) is 7.53. The van der Waals surface area contributed by atoms with Crippen LogP contribution in [0.4, 0.5) is 0 Å². The number of halogens is 2. The highest BCUT2D eigenvalue weighted by Gasteiger charge is 2.26. The molecule has 1 fully saturated rings. The molecule has 0 radical (unpaired) electrons. The molecule has 188 valence electrons. The van der Waals surface area contributed by atoms with E-state index in [4.69, 9.17) is 33.4 Å². The summed E-state index contributed by atoms with van der Waals surface area (Å²) in [5, 5.41) is 16.7. The van der Waals surface area contributed by atoms with Crippen LogP contribution in [0.25, 0.3) is 16.9 Å². The molecule has 6 nitrogen and oxygen atoms in total. The first-order chi connectivity index (χ1) is 17.5. The van der Waals surface area contributed by atoms with Gasteiger partial charge in [0.2, 0.25) is 0 Å². The largest absolute Gasteiger partial charge is 0.396 e. The average molecular weight is 525 g/mol. The van der Waals surface area contributed by atoms with E-state index in [1.807, 2.05) is 42.3 Å². The lowest BCUT2D eigenvalue weighted by Gasteiger charge is -2.26. The molecule has 1 aliphatic heterocycles. The molecule has 2 heterocycles. The predicted molar refractivity (Wildman–Crippen MR) is 144 cm³/mol. The Hall–Kier alpha value is -2.82. The van der Waals surface area contributed by atoms with Crippen molar-refractivity contribution in [3.8, 4) is 28.8 Å². The van der Waals surface area contributed by atoms with Gasteiger partial charge in [-0.3, -0.25) is 10.2 Å². The van der Waals surface area contributed by atoms with E-state index in [-0.39, 0.29) is 12.5 Å². The Morgan fingerprint density at radius 2 is 1.86 bits per heavy atom. The number of rotatable bonds is 7. The number of hydrazine groups is 1. The first-order valence-electron chi connectivity index (χ1n) is 12.3. The summed E-state index contributed by atoms with van der Waals surface area (Å²) in [4.78, 5) is 13.4. The Balaban J connectivity index is 1.76. The van der Waals surface area contributed by atoms with E-state index in [9.17, 15) is 4.79 Å². The molecule has 3 aromatic rings. The van der Waals surface area contributed by atoms with Crippen LogP contribution in [0.3, 0.4) is 0 Å². The lowest BCUT2D eigenvalue weighted by molar-refractivity contribution is 0.0743. The van der Waals surface area contributed by atoms with Crippen LogP contribution in [0.2, 0.25) is 10.0 Å². The van der Waals surface area contributed by atoms with Gasteiger partial charge in [0, 0.05) is 47.8 Å². The third-order valence-corrected chi connectivity index (χ3v) is 6.69. The summed E-state index contributed by atoms with van der Waals surface area (Å²) in [7, 11) is 0. The highest BCUT2D eigenvalue weighted by atomic mass is 35.5. The smallest absolute Gasteiger partial charge is 0.286 e. The van der Waals surface area contributed by atoms with Crippen molar-refractivity contribution in [1.29, 1.82) is 0 Å². The fourth-order valence-corrected chi connectivity index (χ4v) is 4.83. The second kappa shape index (κ2) is 12.4. The van der Waals surface area contributed by atoms with Gasteiger partial charge >= 0.3 is 0 Å². The van der Waals surface area contributed by atoms with Crippen LogP contribution in [0.5, 0.6) is 0 Å². The summed E-state index contributed by atoms with van der Waals surface area (Å²) < 4.78 is 1.74. The van der Waals surface area contributed by atoms with Crippen LogP contribution < -0.4 is 5.43 Å². The molecule has 0 saturated carbocycles. The minimum absolute atomic E-state index is 0.137. The molecule has 36 heavy (non-hydrogen) atoms. The highest BCUT2D eigenvalue weighted by molar-refractivity contribution is 6.35. The second-order valence-electron chi connectivity index (χ2n) is 8.73. The molecule has 1 saturated heterocycles. The topological polar surface area (TPSA) is 70.4 Å². The molecule has 1 aliphatic rings. The summed E-state index contributed by atoms with van der Waals surface area (Å²) in [6, 6.07) is 13.1. The number of unbranched alkanes of at least 4 members (excludes halogenated alkanes) is 1. The second-order valence-corrected chi connectivity index (χ2v) is 9.58. The molecule has 8 heteroatoms. The van der Waals surface area contributed by atoms with Crippen molar-refractivity contribution < 1.29 is 9.90 Å². The maximum Gasteiger partial charge on any atom is 0.286 e. The number of nitrogens with zero attached hydrogens (tertiary/aromatic N) is 3. The van der Waals surface area contributed by atoms with E-state index in [0.717, 1.165) is 48.3 Å². The van der Waals surface area contributed by atoms with E-state index >= 15 is 0 Å². The Bertz CT molecular complexity index is 1270. The highest BCUT2D eigenvalue weighted by Crippen LogP contribution is 2.33. The Kier molecular flexibility index (Phi) is 9.06. The number of aliphatic hydroxyl groups is 1. The van der Waals surface area contributed by atoms with Crippen molar-refractivity contribution in [3.05, 3.63) is 69.3 Å². The summed E-state index contributed by atoms with van der Waals surface area (Å²) in [5.74, 6) is 5.99. The van der Waals surface area contributed by atoms with Crippen LogP contribution in [-0.4, -0.2) is 45.5 Å². The van der Waals surface area contributed by atoms with Gasteiger partial charge in [0.15, 0.2) is 5.69 Å². The number of hydrogen-bond acceptors (Lipinski definition) is 4. The zero-order valence-electron chi connectivity index (χ0n) is 20.4. The Morgan fingerprint density at radius 3 is 2.53 bits per heavy atom. The van der Waals surface area contributed by atoms with Crippen molar-refractivity contribution in [2.24, 2.45) is 0 Å². The number of nitrogens with one attached hydrogen (secondary N) is 1. The van der Waals surface area contributed by atoms with Gasteiger partial charge in [0.05, 0.1) is 16.4 Å². The molecule has 0 unspecified atom stereocenters. The van der Waals surface area contributed by atoms with E-state index in [1.165, 1.54) is 6.42 Å². The van der Waals surface area contributed by atoms with Gasteiger partial charge in [0.25, 0.3) is 5.91 Å². The number of aromatic nitrogens is 2. The minimum atomic E-state index is -0.217. The van der Waals surface area contributed by atoms with Crippen molar-refractivity contribution >= 4 is 29.1 Å². The predicted octanol–water partition coefficient (Wildman–Crippen LogP) is 5.66.